The Morgan fingerprint density at radius 2 is 2.05 bits per heavy atom. The molecular weight excluding hydrogens is 290 g/mol. The first-order valence-corrected chi connectivity index (χ1v) is 7.26. The Bertz CT molecular complexity index is 490. The van der Waals surface area contributed by atoms with Gasteiger partial charge in [0.15, 0.2) is 0 Å². The lowest BCUT2D eigenvalue weighted by atomic mass is 9.90. The Morgan fingerprint density at radius 1 is 1.38 bits per heavy atom. The van der Waals surface area contributed by atoms with E-state index < -0.39 is 0 Å². The Hall–Kier alpha value is -1.46. The van der Waals surface area contributed by atoms with Crippen molar-refractivity contribution >= 4 is 29.0 Å². The number of aliphatic hydroxyl groups excluding tert-OH is 1. The molecule has 0 fully saturated rings. The van der Waals surface area contributed by atoms with Crippen LogP contribution in [0.3, 0.4) is 0 Å². The second-order valence-corrected chi connectivity index (χ2v) is 6.38. The van der Waals surface area contributed by atoms with Gasteiger partial charge in [0.25, 0.3) is 0 Å². The molecule has 0 heterocycles. The van der Waals surface area contributed by atoms with E-state index in [0.29, 0.717) is 23.7 Å². The third-order valence-electron chi connectivity index (χ3n) is 3.20. The lowest BCUT2D eigenvalue weighted by Gasteiger charge is -2.24. The molecule has 6 heteroatoms. The first-order chi connectivity index (χ1) is 9.76. The van der Waals surface area contributed by atoms with Crippen molar-refractivity contribution in [3.63, 3.8) is 0 Å². The summed E-state index contributed by atoms with van der Waals surface area (Å²) < 4.78 is 0. The van der Waals surface area contributed by atoms with Crippen LogP contribution in [0.1, 0.15) is 20.3 Å². The van der Waals surface area contributed by atoms with Crippen molar-refractivity contribution < 1.29 is 9.90 Å². The molecule has 0 atom stereocenters. The Labute approximate surface area is 131 Å². The molecule has 0 bridgehead atoms. The number of nitrogens with one attached hydrogen (secondary N) is 2. The second kappa shape index (κ2) is 7.52. The van der Waals surface area contributed by atoms with Crippen LogP contribution < -0.4 is 15.5 Å². The van der Waals surface area contributed by atoms with Crippen molar-refractivity contribution in [2.75, 3.05) is 37.5 Å². The van der Waals surface area contributed by atoms with Gasteiger partial charge in [-0.25, -0.2) is 4.79 Å². The first kappa shape index (κ1) is 17.6. The number of rotatable bonds is 6. The molecule has 21 heavy (non-hydrogen) atoms. The monoisotopic (exact) mass is 313 g/mol. The number of halogens is 1. The molecule has 0 aliphatic rings. The topological polar surface area (TPSA) is 64.6 Å². The quantitative estimate of drug-likeness (QED) is 0.756. The molecule has 118 valence electrons. The second-order valence-electron chi connectivity index (χ2n) is 5.98. The summed E-state index contributed by atoms with van der Waals surface area (Å²) in [5.74, 6) is 0. The number of para-hydroxylation sites is 1. The van der Waals surface area contributed by atoms with Gasteiger partial charge in [-0.15, -0.1) is 0 Å². The van der Waals surface area contributed by atoms with E-state index in [1.165, 1.54) is 0 Å². The van der Waals surface area contributed by atoms with Gasteiger partial charge in [-0.3, -0.25) is 0 Å². The summed E-state index contributed by atoms with van der Waals surface area (Å²) in [6.07, 6.45) is 0.632. The van der Waals surface area contributed by atoms with Gasteiger partial charge in [-0.05, 0) is 24.0 Å². The van der Waals surface area contributed by atoms with Gasteiger partial charge in [-0.2, -0.15) is 0 Å². The van der Waals surface area contributed by atoms with Crippen LogP contribution in [0.2, 0.25) is 5.02 Å². The summed E-state index contributed by atoms with van der Waals surface area (Å²) in [7, 11) is 3.74. The highest BCUT2D eigenvalue weighted by atomic mass is 35.5. The van der Waals surface area contributed by atoms with Crippen LogP contribution in [0.15, 0.2) is 18.2 Å². The van der Waals surface area contributed by atoms with Crippen molar-refractivity contribution in [2.24, 2.45) is 5.41 Å². The van der Waals surface area contributed by atoms with Gasteiger partial charge in [0, 0.05) is 27.2 Å². The maximum atomic E-state index is 12.0. The standard InChI is InChI=1S/C15H24ClN3O2/c1-15(2,8-9-20)10-17-14(21)18-12-7-5-6-11(16)13(12)19(3)4/h5-7,20H,8-10H2,1-4H3,(H2,17,18,21). The van der Waals surface area contributed by atoms with Crippen LogP contribution in [0.4, 0.5) is 16.2 Å². The fourth-order valence-electron chi connectivity index (χ4n) is 1.95. The van der Waals surface area contributed by atoms with Crippen LogP contribution in [-0.2, 0) is 0 Å². The lowest BCUT2D eigenvalue weighted by Crippen LogP contribution is -2.37. The van der Waals surface area contributed by atoms with Crippen molar-refractivity contribution in [3.05, 3.63) is 23.2 Å². The molecular formula is C15H24ClN3O2. The van der Waals surface area contributed by atoms with Crippen molar-refractivity contribution in [1.29, 1.82) is 0 Å². The summed E-state index contributed by atoms with van der Waals surface area (Å²) in [5, 5.41) is 15.2. The summed E-state index contributed by atoms with van der Waals surface area (Å²) in [4.78, 5) is 13.9. The molecule has 0 saturated heterocycles. The highest BCUT2D eigenvalue weighted by molar-refractivity contribution is 6.34. The molecule has 0 aromatic heterocycles. The van der Waals surface area contributed by atoms with Gasteiger partial charge < -0.3 is 20.6 Å². The Morgan fingerprint density at radius 3 is 2.62 bits per heavy atom. The maximum Gasteiger partial charge on any atom is 0.319 e. The van der Waals surface area contributed by atoms with E-state index in [0.717, 1.165) is 5.69 Å². The maximum absolute atomic E-state index is 12.0. The van der Waals surface area contributed by atoms with Gasteiger partial charge in [0.2, 0.25) is 0 Å². The van der Waals surface area contributed by atoms with E-state index in [1.807, 2.05) is 32.8 Å². The molecule has 1 aromatic carbocycles. The van der Waals surface area contributed by atoms with Crippen molar-refractivity contribution in [1.82, 2.24) is 5.32 Å². The fourth-order valence-corrected chi connectivity index (χ4v) is 2.29. The number of anilines is 2. The number of aliphatic hydroxyl groups is 1. The molecule has 0 aliphatic heterocycles. The number of carbonyl (C=O) groups is 1. The number of nitrogens with zero attached hydrogens (tertiary/aromatic N) is 1. The number of hydrogen-bond acceptors (Lipinski definition) is 3. The molecule has 1 rings (SSSR count). The fraction of sp³-hybridized carbons (Fsp3) is 0.533. The van der Waals surface area contributed by atoms with Crippen molar-refractivity contribution in [3.8, 4) is 0 Å². The summed E-state index contributed by atoms with van der Waals surface area (Å²) in [6.45, 7) is 4.58. The average molecular weight is 314 g/mol. The molecule has 0 radical (unpaired) electrons. The van der Waals surface area contributed by atoms with E-state index in [4.69, 9.17) is 16.7 Å². The zero-order valence-electron chi connectivity index (χ0n) is 13.0. The molecule has 2 amide bonds. The van der Waals surface area contributed by atoms with E-state index in [1.54, 1.807) is 18.2 Å². The average Bonchev–Trinajstić information content (AvgIpc) is 2.36. The Balaban J connectivity index is 2.70. The van der Waals surface area contributed by atoms with E-state index in [2.05, 4.69) is 10.6 Å². The van der Waals surface area contributed by atoms with Gasteiger partial charge in [0.05, 0.1) is 16.4 Å². The number of urea groups is 1. The molecule has 0 unspecified atom stereocenters. The highest BCUT2D eigenvalue weighted by Crippen LogP contribution is 2.32. The molecule has 3 N–H and O–H groups in total. The molecule has 5 nitrogen and oxygen atoms in total. The smallest absolute Gasteiger partial charge is 0.319 e. The predicted molar refractivity (Wildman–Crippen MR) is 88.3 cm³/mol. The number of carbonyl (C=O) groups excluding carboxylic acids is 1. The minimum absolute atomic E-state index is 0.107. The zero-order chi connectivity index (χ0) is 16.0. The number of amides is 2. The third kappa shape index (κ3) is 5.44. The van der Waals surface area contributed by atoms with Crippen LogP contribution >= 0.6 is 11.6 Å². The van der Waals surface area contributed by atoms with Gasteiger partial charge >= 0.3 is 6.03 Å². The van der Waals surface area contributed by atoms with E-state index in [9.17, 15) is 4.79 Å². The van der Waals surface area contributed by atoms with Crippen LogP contribution in [0.5, 0.6) is 0 Å². The normalized spacial score (nSPS) is 11.1. The lowest BCUT2D eigenvalue weighted by molar-refractivity contribution is 0.204. The number of benzene rings is 1. The summed E-state index contributed by atoms with van der Waals surface area (Å²) >= 11 is 6.16. The Kier molecular flexibility index (Phi) is 6.30. The number of hydrogen-bond donors (Lipinski definition) is 3. The van der Waals surface area contributed by atoms with Gasteiger partial charge in [0.1, 0.15) is 0 Å². The van der Waals surface area contributed by atoms with Gasteiger partial charge in [-0.1, -0.05) is 31.5 Å². The van der Waals surface area contributed by atoms with Crippen LogP contribution in [0.25, 0.3) is 0 Å². The molecule has 0 saturated carbocycles. The summed E-state index contributed by atoms with van der Waals surface area (Å²) in [6, 6.07) is 5.09. The first-order valence-electron chi connectivity index (χ1n) is 6.88. The summed E-state index contributed by atoms with van der Waals surface area (Å²) in [5.41, 5.74) is 1.28. The van der Waals surface area contributed by atoms with Crippen LogP contribution in [0, 0.1) is 5.41 Å². The van der Waals surface area contributed by atoms with E-state index >= 15 is 0 Å². The highest BCUT2D eigenvalue weighted by Gasteiger charge is 2.18. The molecule has 0 aliphatic carbocycles. The molecule has 1 aromatic rings. The minimum Gasteiger partial charge on any atom is -0.396 e. The largest absolute Gasteiger partial charge is 0.396 e. The SMILES string of the molecule is CN(C)c1c(Cl)cccc1NC(=O)NCC(C)(C)CCO. The van der Waals surface area contributed by atoms with Crippen LogP contribution in [-0.4, -0.2) is 38.4 Å². The zero-order valence-corrected chi connectivity index (χ0v) is 13.8. The molecule has 0 spiro atoms. The predicted octanol–water partition coefficient (Wildman–Crippen LogP) is 2.94. The van der Waals surface area contributed by atoms with Crippen molar-refractivity contribution in [2.45, 2.75) is 20.3 Å². The third-order valence-corrected chi connectivity index (χ3v) is 3.50. The van der Waals surface area contributed by atoms with E-state index in [-0.39, 0.29) is 18.1 Å². The minimum atomic E-state index is -0.286.